The maximum Gasteiger partial charge on any atom is 0.235 e. The lowest BCUT2D eigenvalue weighted by Gasteiger charge is -2.28. The first-order chi connectivity index (χ1) is 14.2. The summed E-state index contributed by atoms with van der Waals surface area (Å²) < 4.78 is 5.77. The summed E-state index contributed by atoms with van der Waals surface area (Å²) in [4.78, 5) is 21.9. The van der Waals surface area contributed by atoms with E-state index in [0.29, 0.717) is 17.1 Å². The zero-order chi connectivity index (χ0) is 19.7. The molecule has 0 atom stereocenters. The summed E-state index contributed by atoms with van der Waals surface area (Å²) in [7, 11) is 0. The molecule has 2 aromatic carbocycles. The Morgan fingerprint density at radius 3 is 2.41 bits per heavy atom. The van der Waals surface area contributed by atoms with Crippen molar-refractivity contribution in [3.63, 3.8) is 0 Å². The summed E-state index contributed by atoms with van der Waals surface area (Å²) >= 11 is 0. The van der Waals surface area contributed by atoms with Gasteiger partial charge >= 0.3 is 0 Å². The fraction of sp³-hybridized carbons (Fsp3) is 0.208. The highest BCUT2D eigenvalue weighted by molar-refractivity contribution is 5.99. The highest BCUT2D eigenvalue weighted by Gasteiger charge is 2.42. The number of hydrogen-bond donors (Lipinski definition) is 1. The van der Waals surface area contributed by atoms with E-state index < -0.39 is 5.41 Å². The van der Waals surface area contributed by atoms with Gasteiger partial charge in [0.25, 0.3) is 0 Å². The summed E-state index contributed by atoms with van der Waals surface area (Å²) in [6.45, 7) is 0. The molecule has 1 amide bonds. The molecule has 2 heterocycles. The number of rotatable bonds is 4. The molecule has 0 radical (unpaired) electrons. The van der Waals surface area contributed by atoms with Crippen molar-refractivity contribution in [1.82, 2.24) is 9.97 Å². The van der Waals surface area contributed by atoms with E-state index in [1.54, 1.807) is 6.20 Å². The summed E-state index contributed by atoms with van der Waals surface area (Å²) in [6.07, 6.45) is 5.62. The van der Waals surface area contributed by atoms with Crippen molar-refractivity contribution in [2.45, 2.75) is 31.1 Å². The Kier molecular flexibility index (Phi) is 4.35. The van der Waals surface area contributed by atoms with E-state index >= 15 is 0 Å². The molecule has 0 spiro atoms. The standard InChI is InChI=1S/C24H21N3O2/c28-23(24(14-4-5-15-24)18-7-2-1-3-8-18)26-19-12-10-17(11-13-19)22-27-21-20(29-22)9-6-16-25-21/h1-3,6-13,16H,4-5,14-15H2,(H,26,28). The number of nitrogens with zero attached hydrogens (tertiary/aromatic N) is 2. The predicted octanol–water partition coefficient (Wildman–Crippen LogP) is 5.34. The van der Waals surface area contributed by atoms with E-state index in [-0.39, 0.29) is 5.91 Å². The van der Waals surface area contributed by atoms with Gasteiger partial charge in [0.15, 0.2) is 11.2 Å². The molecular formula is C24H21N3O2. The molecular weight excluding hydrogens is 362 g/mol. The van der Waals surface area contributed by atoms with Crippen molar-refractivity contribution in [2.24, 2.45) is 0 Å². The third kappa shape index (κ3) is 3.18. The van der Waals surface area contributed by atoms with Crippen LogP contribution in [0.25, 0.3) is 22.7 Å². The third-order valence-electron chi connectivity index (χ3n) is 5.77. The lowest BCUT2D eigenvalue weighted by atomic mass is 9.78. The van der Waals surface area contributed by atoms with E-state index in [0.717, 1.165) is 42.5 Å². The zero-order valence-corrected chi connectivity index (χ0v) is 16.0. The normalized spacial score (nSPS) is 15.4. The monoisotopic (exact) mass is 383 g/mol. The Balaban J connectivity index is 1.38. The molecule has 1 saturated carbocycles. The van der Waals surface area contributed by atoms with Gasteiger partial charge in [0.05, 0.1) is 5.41 Å². The van der Waals surface area contributed by atoms with Gasteiger partial charge in [-0.15, -0.1) is 0 Å². The Labute approximate surface area is 168 Å². The number of carbonyl (C=O) groups excluding carboxylic acids is 1. The van der Waals surface area contributed by atoms with Gasteiger partial charge in [0.1, 0.15) is 0 Å². The second-order valence-electron chi connectivity index (χ2n) is 7.53. The lowest BCUT2D eigenvalue weighted by Crippen LogP contribution is -2.37. The fourth-order valence-electron chi connectivity index (χ4n) is 4.22. The van der Waals surface area contributed by atoms with Crippen LogP contribution in [0.5, 0.6) is 0 Å². The van der Waals surface area contributed by atoms with Gasteiger partial charge in [-0.25, -0.2) is 4.98 Å². The minimum atomic E-state index is -0.439. The average Bonchev–Trinajstić information content (AvgIpc) is 3.43. The summed E-state index contributed by atoms with van der Waals surface area (Å²) in [5, 5.41) is 3.13. The summed E-state index contributed by atoms with van der Waals surface area (Å²) in [6, 6.07) is 21.4. The molecule has 5 nitrogen and oxygen atoms in total. The van der Waals surface area contributed by atoms with Crippen LogP contribution in [0.15, 0.2) is 77.3 Å². The largest absolute Gasteiger partial charge is 0.434 e. The topological polar surface area (TPSA) is 68.0 Å². The van der Waals surface area contributed by atoms with Crippen LogP contribution in [0.4, 0.5) is 5.69 Å². The number of nitrogens with one attached hydrogen (secondary N) is 1. The average molecular weight is 383 g/mol. The van der Waals surface area contributed by atoms with Gasteiger partial charge < -0.3 is 9.73 Å². The highest BCUT2D eigenvalue weighted by atomic mass is 16.3. The van der Waals surface area contributed by atoms with Crippen molar-refractivity contribution in [1.29, 1.82) is 0 Å². The van der Waals surface area contributed by atoms with Crippen LogP contribution in [-0.4, -0.2) is 15.9 Å². The van der Waals surface area contributed by atoms with Crippen molar-refractivity contribution in [2.75, 3.05) is 5.32 Å². The van der Waals surface area contributed by atoms with Gasteiger partial charge in [-0.05, 0) is 54.8 Å². The molecule has 0 unspecified atom stereocenters. The molecule has 0 aliphatic heterocycles. The minimum Gasteiger partial charge on any atom is -0.434 e. The second-order valence-corrected chi connectivity index (χ2v) is 7.53. The quantitative estimate of drug-likeness (QED) is 0.516. The highest BCUT2D eigenvalue weighted by Crippen LogP contribution is 2.42. The van der Waals surface area contributed by atoms with Gasteiger partial charge in [0, 0.05) is 17.4 Å². The van der Waals surface area contributed by atoms with E-state index in [9.17, 15) is 4.79 Å². The van der Waals surface area contributed by atoms with Crippen molar-refractivity contribution < 1.29 is 9.21 Å². The first-order valence-corrected chi connectivity index (χ1v) is 9.94. The third-order valence-corrected chi connectivity index (χ3v) is 5.77. The maximum atomic E-state index is 13.3. The van der Waals surface area contributed by atoms with Gasteiger partial charge in [-0.2, -0.15) is 4.98 Å². The Morgan fingerprint density at radius 2 is 1.69 bits per heavy atom. The number of amides is 1. The Bertz CT molecular complexity index is 1110. The first kappa shape index (κ1) is 17.6. The minimum absolute atomic E-state index is 0.0695. The van der Waals surface area contributed by atoms with Crippen LogP contribution >= 0.6 is 0 Å². The van der Waals surface area contributed by atoms with Crippen LogP contribution < -0.4 is 5.32 Å². The smallest absolute Gasteiger partial charge is 0.235 e. The molecule has 144 valence electrons. The van der Waals surface area contributed by atoms with Gasteiger partial charge in [0.2, 0.25) is 11.8 Å². The number of aromatic nitrogens is 2. The lowest BCUT2D eigenvalue weighted by molar-refractivity contribution is -0.121. The first-order valence-electron chi connectivity index (χ1n) is 9.94. The number of benzene rings is 2. The van der Waals surface area contributed by atoms with Crippen molar-refractivity contribution in [3.8, 4) is 11.5 Å². The Morgan fingerprint density at radius 1 is 0.931 bits per heavy atom. The van der Waals surface area contributed by atoms with Crippen LogP contribution in [0.3, 0.4) is 0 Å². The molecule has 1 fully saturated rings. The fourth-order valence-corrected chi connectivity index (χ4v) is 4.22. The molecule has 4 aromatic rings. The molecule has 29 heavy (non-hydrogen) atoms. The van der Waals surface area contributed by atoms with E-state index in [4.69, 9.17) is 4.42 Å². The van der Waals surface area contributed by atoms with Crippen molar-refractivity contribution in [3.05, 3.63) is 78.5 Å². The number of carbonyl (C=O) groups is 1. The predicted molar refractivity (Wildman–Crippen MR) is 112 cm³/mol. The molecule has 0 bridgehead atoms. The molecule has 2 aromatic heterocycles. The van der Waals surface area contributed by atoms with Gasteiger partial charge in [-0.1, -0.05) is 43.2 Å². The number of pyridine rings is 1. The van der Waals surface area contributed by atoms with E-state index in [1.165, 1.54) is 0 Å². The van der Waals surface area contributed by atoms with Crippen LogP contribution in [0.2, 0.25) is 0 Å². The van der Waals surface area contributed by atoms with Gasteiger partial charge in [-0.3, -0.25) is 4.79 Å². The SMILES string of the molecule is O=C(Nc1ccc(-c2nc3ncccc3o2)cc1)C1(c2ccccc2)CCCC1. The van der Waals surface area contributed by atoms with Crippen LogP contribution in [0.1, 0.15) is 31.2 Å². The summed E-state index contributed by atoms with van der Waals surface area (Å²) in [5.41, 5.74) is 3.53. The van der Waals surface area contributed by atoms with Crippen LogP contribution in [0, 0.1) is 0 Å². The summed E-state index contributed by atoms with van der Waals surface area (Å²) in [5.74, 6) is 0.591. The van der Waals surface area contributed by atoms with Crippen molar-refractivity contribution >= 4 is 22.8 Å². The Hall–Kier alpha value is -3.47. The molecule has 0 saturated heterocycles. The molecule has 5 heteroatoms. The van der Waals surface area contributed by atoms with E-state index in [1.807, 2.05) is 54.6 Å². The number of anilines is 1. The zero-order valence-electron chi connectivity index (χ0n) is 16.0. The maximum absolute atomic E-state index is 13.3. The number of oxazole rings is 1. The van der Waals surface area contributed by atoms with Crippen LogP contribution in [-0.2, 0) is 10.2 Å². The second kappa shape index (κ2) is 7.17. The molecule has 1 aliphatic rings. The number of hydrogen-bond acceptors (Lipinski definition) is 4. The molecule has 5 rings (SSSR count). The molecule has 1 aliphatic carbocycles. The number of fused-ring (bicyclic) bond motifs is 1. The molecule has 1 N–H and O–H groups in total. The van der Waals surface area contributed by atoms with E-state index in [2.05, 4.69) is 27.4 Å².